The Bertz CT molecular complexity index is 497. The van der Waals surface area contributed by atoms with Crippen molar-refractivity contribution in [2.45, 2.75) is 31.1 Å². The second kappa shape index (κ2) is 4.66. The first-order valence-corrected chi connectivity index (χ1v) is 8.09. The molecule has 0 unspecified atom stereocenters. The Balaban J connectivity index is 1.62. The van der Waals surface area contributed by atoms with Gasteiger partial charge in [0.2, 0.25) is 0 Å². The zero-order valence-electron chi connectivity index (χ0n) is 12.5. The first-order valence-electron chi connectivity index (χ1n) is 8.09. The molecule has 0 amide bonds. The Morgan fingerprint density at radius 2 is 1.80 bits per heavy atom. The van der Waals surface area contributed by atoms with E-state index >= 15 is 0 Å². The first kappa shape index (κ1) is 12.5. The van der Waals surface area contributed by atoms with Gasteiger partial charge in [0.05, 0.1) is 0 Å². The standard InChI is InChI=1S/C17H25N3/c1-19-10-6-17(7-11-19)13-18-16-12-14(4-5-15(16)17)20-8-2-3-9-20/h4-5,12,18H,2-3,6-11,13H2,1H3. The maximum absolute atomic E-state index is 3.69. The van der Waals surface area contributed by atoms with Gasteiger partial charge in [0, 0.05) is 36.4 Å². The van der Waals surface area contributed by atoms with Crippen LogP contribution in [0.3, 0.4) is 0 Å². The van der Waals surface area contributed by atoms with Crippen molar-refractivity contribution in [2.24, 2.45) is 0 Å². The van der Waals surface area contributed by atoms with E-state index in [1.807, 2.05) is 0 Å². The molecule has 0 aromatic heterocycles. The number of hydrogen-bond donors (Lipinski definition) is 1. The number of hydrogen-bond acceptors (Lipinski definition) is 3. The summed E-state index contributed by atoms with van der Waals surface area (Å²) in [6.45, 7) is 6.06. The average molecular weight is 271 g/mol. The fraction of sp³-hybridized carbons (Fsp3) is 0.647. The van der Waals surface area contributed by atoms with Crippen molar-refractivity contribution < 1.29 is 0 Å². The molecule has 4 rings (SSSR count). The highest BCUT2D eigenvalue weighted by atomic mass is 15.1. The number of rotatable bonds is 1. The molecule has 0 atom stereocenters. The number of anilines is 2. The summed E-state index contributed by atoms with van der Waals surface area (Å²) in [6, 6.07) is 7.17. The molecule has 3 heterocycles. The molecule has 3 aliphatic rings. The van der Waals surface area contributed by atoms with Crippen molar-refractivity contribution in [2.75, 3.05) is 50.0 Å². The Hall–Kier alpha value is -1.22. The van der Waals surface area contributed by atoms with Crippen LogP contribution < -0.4 is 10.2 Å². The van der Waals surface area contributed by atoms with E-state index in [0.29, 0.717) is 5.41 Å². The van der Waals surface area contributed by atoms with Crippen molar-refractivity contribution >= 4 is 11.4 Å². The number of benzene rings is 1. The molecule has 3 heteroatoms. The quantitative estimate of drug-likeness (QED) is 0.847. The second-order valence-electron chi connectivity index (χ2n) is 6.86. The van der Waals surface area contributed by atoms with E-state index in [1.165, 1.54) is 63.2 Å². The van der Waals surface area contributed by atoms with E-state index in [4.69, 9.17) is 0 Å². The molecule has 3 aliphatic heterocycles. The Kier molecular flexibility index (Phi) is 2.92. The number of piperidine rings is 1. The summed E-state index contributed by atoms with van der Waals surface area (Å²) in [6.07, 6.45) is 5.29. The zero-order chi connectivity index (χ0) is 13.6. The molecule has 1 N–H and O–H groups in total. The lowest BCUT2D eigenvalue weighted by molar-refractivity contribution is 0.200. The lowest BCUT2D eigenvalue weighted by Crippen LogP contribution is -2.42. The van der Waals surface area contributed by atoms with Crippen LogP contribution in [0.15, 0.2) is 18.2 Å². The summed E-state index contributed by atoms with van der Waals surface area (Å²) in [7, 11) is 2.24. The van der Waals surface area contributed by atoms with E-state index in [2.05, 4.69) is 40.4 Å². The molecule has 20 heavy (non-hydrogen) atoms. The third-order valence-corrected chi connectivity index (χ3v) is 5.61. The summed E-state index contributed by atoms with van der Waals surface area (Å²) in [5.74, 6) is 0. The molecule has 0 bridgehead atoms. The first-order chi connectivity index (χ1) is 9.77. The number of nitrogens with one attached hydrogen (secondary N) is 1. The van der Waals surface area contributed by atoms with E-state index in [0.717, 1.165) is 6.54 Å². The fourth-order valence-corrected chi connectivity index (χ4v) is 4.17. The molecule has 3 nitrogen and oxygen atoms in total. The van der Waals surface area contributed by atoms with Gasteiger partial charge in [-0.3, -0.25) is 0 Å². The highest BCUT2D eigenvalue weighted by Gasteiger charge is 2.40. The van der Waals surface area contributed by atoms with Crippen molar-refractivity contribution in [3.05, 3.63) is 23.8 Å². The number of fused-ring (bicyclic) bond motifs is 2. The largest absolute Gasteiger partial charge is 0.384 e. The summed E-state index contributed by atoms with van der Waals surface area (Å²) >= 11 is 0. The molecule has 2 fully saturated rings. The lowest BCUT2D eigenvalue weighted by atomic mass is 9.74. The van der Waals surface area contributed by atoms with Gasteiger partial charge in [-0.1, -0.05) is 6.07 Å². The van der Waals surface area contributed by atoms with Gasteiger partial charge in [-0.25, -0.2) is 0 Å². The van der Waals surface area contributed by atoms with Crippen LogP contribution >= 0.6 is 0 Å². The predicted octanol–water partition coefficient (Wildman–Crippen LogP) is 2.68. The summed E-state index contributed by atoms with van der Waals surface area (Å²) < 4.78 is 0. The SMILES string of the molecule is CN1CCC2(CC1)CNc1cc(N3CCCC3)ccc12. The van der Waals surface area contributed by atoms with Crippen molar-refractivity contribution in [1.29, 1.82) is 0 Å². The Morgan fingerprint density at radius 1 is 1.05 bits per heavy atom. The van der Waals surface area contributed by atoms with Crippen LogP contribution in [0, 0.1) is 0 Å². The van der Waals surface area contributed by atoms with Crippen LogP contribution in [0.1, 0.15) is 31.2 Å². The molecule has 0 aliphatic carbocycles. The van der Waals surface area contributed by atoms with Gasteiger partial charge < -0.3 is 15.1 Å². The lowest BCUT2D eigenvalue weighted by Gasteiger charge is -2.37. The zero-order valence-corrected chi connectivity index (χ0v) is 12.5. The van der Waals surface area contributed by atoms with Crippen LogP contribution in [0.4, 0.5) is 11.4 Å². The molecule has 0 radical (unpaired) electrons. The summed E-state index contributed by atoms with van der Waals surface area (Å²) in [5, 5.41) is 3.69. The van der Waals surface area contributed by atoms with Gasteiger partial charge in [0.25, 0.3) is 0 Å². The van der Waals surface area contributed by atoms with Crippen LogP contribution in [-0.4, -0.2) is 44.7 Å². The van der Waals surface area contributed by atoms with E-state index in [1.54, 1.807) is 5.56 Å². The molecule has 1 aromatic rings. The number of likely N-dealkylation sites (tertiary alicyclic amines) is 1. The van der Waals surface area contributed by atoms with Gasteiger partial charge >= 0.3 is 0 Å². The maximum atomic E-state index is 3.69. The third-order valence-electron chi connectivity index (χ3n) is 5.61. The van der Waals surface area contributed by atoms with Gasteiger partial charge in [0.1, 0.15) is 0 Å². The van der Waals surface area contributed by atoms with Crippen molar-refractivity contribution in [3.63, 3.8) is 0 Å². The molecule has 0 saturated carbocycles. The topological polar surface area (TPSA) is 18.5 Å². The minimum absolute atomic E-state index is 0.408. The summed E-state index contributed by atoms with van der Waals surface area (Å²) in [4.78, 5) is 4.99. The highest BCUT2D eigenvalue weighted by molar-refractivity contribution is 5.68. The molecule has 2 saturated heterocycles. The van der Waals surface area contributed by atoms with Crippen LogP contribution in [0.2, 0.25) is 0 Å². The Morgan fingerprint density at radius 3 is 2.55 bits per heavy atom. The highest BCUT2D eigenvalue weighted by Crippen LogP contribution is 2.45. The molecule has 108 valence electrons. The van der Waals surface area contributed by atoms with Gasteiger partial charge in [-0.2, -0.15) is 0 Å². The smallest absolute Gasteiger partial charge is 0.0400 e. The normalized spacial score (nSPS) is 24.9. The van der Waals surface area contributed by atoms with E-state index in [-0.39, 0.29) is 0 Å². The predicted molar refractivity (Wildman–Crippen MR) is 84.8 cm³/mol. The second-order valence-corrected chi connectivity index (χ2v) is 6.86. The monoisotopic (exact) mass is 271 g/mol. The molecule has 1 aromatic carbocycles. The third kappa shape index (κ3) is 1.91. The van der Waals surface area contributed by atoms with Crippen molar-refractivity contribution in [1.82, 2.24) is 4.90 Å². The Labute approximate surface area is 121 Å². The molecular formula is C17H25N3. The van der Waals surface area contributed by atoms with Gasteiger partial charge in [0.15, 0.2) is 0 Å². The van der Waals surface area contributed by atoms with E-state index < -0.39 is 0 Å². The minimum atomic E-state index is 0.408. The van der Waals surface area contributed by atoms with Crippen molar-refractivity contribution in [3.8, 4) is 0 Å². The fourth-order valence-electron chi connectivity index (χ4n) is 4.17. The van der Waals surface area contributed by atoms with Crippen LogP contribution in [-0.2, 0) is 5.41 Å². The maximum Gasteiger partial charge on any atom is 0.0400 e. The average Bonchev–Trinajstić information content (AvgIpc) is 3.11. The van der Waals surface area contributed by atoms with Crippen LogP contribution in [0.25, 0.3) is 0 Å². The molecule has 1 spiro atoms. The van der Waals surface area contributed by atoms with Crippen LogP contribution in [0.5, 0.6) is 0 Å². The number of nitrogens with zero attached hydrogens (tertiary/aromatic N) is 2. The van der Waals surface area contributed by atoms with E-state index in [9.17, 15) is 0 Å². The summed E-state index contributed by atoms with van der Waals surface area (Å²) in [5.41, 5.74) is 4.80. The molecular weight excluding hydrogens is 246 g/mol. The van der Waals surface area contributed by atoms with Gasteiger partial charge in [-0.15, -0.1) is 0 Å². The van der Waals surface area contributed by atoms with Gasteiger partial charge in [-0.05, 0) is 63.5 Å². The minimum Gasteiger partial charge on any atom is -0.384 e.